The molecule has 6 heteroatoms. The van der Waals surface area contributed by atoms with Gasteiger partial charge < -0.3 is 19.9 Å². The maximum atomic E-state index is 10.5. The fourth-order valence-electron chi connectivity index (χ4n) is 0.881. The Morgan fingerprint density at radius 1 is 1.67 bits per heavy atom. The normalized spacial score (nSPS) is 12.8. The van der Waals surface area contributed by atoms with Crippen LogP contribution in [0.3, 0.4) is 0 Å². The number of anilines is 1. The Balaban J connectivity index is 2.48. The largest absolute Gasteiger partial charge is 0.476 e. The monoisotopic (exact) mass is 214 g/mol. The van der Waals surface area contributed by atoms with E-state index in [2.05, 4.69) is 10.3 Å². The van der Waals surface area contributed by atoms with Crippen LogP contribution < -0.4 is 5.32 Å². The molecule has 1 aromatic heterocycles. The molecule has 0 bridgehead atoms. The third-order valence-electron chi connectivity index (χ3n) is 1.96. The predicted octanol–water partition coefficient (Wildman–Crippen LogP) is 0.802. The summed E-state index contributed by atoms with van der Waals surface area (Å²) in [6.45, 7) is 4.03. The lowest BCUT2D eigenvalue weighted by molar-refractivity contribution is 0.0690. The molecule has 1 atom stereocenters. The number of rotatable bonds is 5. The molecule has 15 heavy (non-hydrogen) atoms. The van der Waals surface area contributed by atoms with E-state index < -0.39 is 12.1 Å². The molecule has 1 heterocycles. The number of nitrogens with one attached hydrogen (secondary N) is 1. The van der Waals surface area contributed by atoms with Crippen molar-refractivity contribution >= 4 is 12.0 Å². The van der Waals surface area contributed by atoms with Gasteiger partial charge in [0, 0.05) is 6.54 Å². The van der Waals surface area contributed by atoms with E-state index in [9.17, 15) is 9.90 Å². The Bertz CT molecular complexity index is 335. The molecule has 0 aliphatic rings. The first kappa shape index (κ1) is 11.5. The van der Waals surface area contributed by atoms with Crippen molar-refractivity contribution in [2.24, 2.45) is 5.92 Å². The smallest absolute Gasteiger partial charge is 0.357 e. The lowest BCUT2D eigenvalue weighted by Gasteiger charge is -2.13. The van der Waals surface area contributed by atoms with Crippen molar-refractivity contribution < 1.29 is 19.4 Å². The number of carboxylic acid groups (broad SMARTS) is 1. The van der Waals surface area contributed by atoms with E-state index in [1.165, 1.54) is 0 Å². The van der Waals surface area contributed by atoms with E-state index in [4.69, 9.17) is 9.52 Å². The summed E-state index contributed by atoms with van der Waals surface area (Å²) < 4.78 is 4.84. The molecule has 1 rings (SSSR count). The summed E-state index contributed by atoms with van der Waals surface area (Å²) in [6.07, 6.45) is 0.525. The highest BCUT2D eigenvalue weighted by molar-refractivity contribution is 5.85. The van der Waals surface area contributed by atoms with Crippen LogP contribution in [0.25, 0.3) is 0 Å². The molecule has 3 N–H and O–H groups in total. The summed E-state index contributed by atoms with van der Waals surface area (Å²) in [5.41, 5.74) is -0.156. The van der Waals surface area contributed by atoms with Crippen molar-refractivity contribution in [3.05, 3.63) is 12.0 Å². The second-order valence-electron chi connectivity index (χ2n) is 3.54. The fourth-order valence-corrected chi connectivity index (χ4v) is 0.881. The molecule has 0 aliphatic carbocycles. The minimum atomic E-state index is -1.14. The number of aromatic carboxylic acids is 1. The van der Waals surface area contributed by atoms with Gasteiger partial charge in [-0.3, -0.25) is 0 Å². The molecule has 0 saturated carbocycles. The van der Waals surface area contributed by atoms with Gasteiger partial charge in [-0.05, 0) is 5.92 Å². The van der Waals surface area contributed by atoms with Crippen LogP contribution in [0.2, 0.25) is 0 Å². The van der Waals surface area contributed by atoms with Gasteiger partial charge in [-0.25, -0.2) is 4.79 Å². The van der Waals surface area contributed by atoms with Gasteiger partial charge in [0.25, 0.3) is 6.01 Å². The van der Waals surface area contributed by atoms with E-state index in [0.717, 1.165) is 6.26 Å². The zero-order valence-corrected chi connectivity index (χ0v) is 8.60. The number of carbonyl (C=O) groups is 1. The van der Waals surface area contributed by atoms with E-state index in [1.807, 2.05) is 13.8 Å². The number of oxazole rings is 1. The van der Waals surface area contributed by atoms with Crippen LogP contribution in [0.5, 0.6) is 0 Å². The van der Waals surface area contributed by atoms with Crippen LogP contribution in [-0.4, -0.2) is 33.8 Å². The standard InChI is InChI=1S/C9H14N2O4/c1-5(2)7(12)3-10-9-11-6(4-15-9)8(13)14/h4-5,7,12H,3H2,1-2H3,(H,10,11)(H,13,14). The number of aliphatic hydroxyl groups is 1. The molecular weight excluding hydrogens is 200 g/mol. The van der Waals surface area contributed by atoms with Crippen molar-refractivity contribution in [3.63, 3.8) is 0 Å². The van der Waals surface area contributed by atoms with Gasteiger partial charge in [-0.1, -0.05) is 13.8 Å². The Morgan fingerprint density at radius 2 is 2.33 bits per heavy atom. The van der Waals surface area contributed by atoms with Crippen molar-refractivity contribution in [3.8, 4) is 0 Å². The third kappa shape index (κ3) is 3.25. The molecule has 0 aromatic carbocycles. The van der Waals surface area contributed by atoms with E-state index in [1.54, 1.807) is 0 Å². The van der Waals surface area contributed by atoms with E-state index >= 15 is 0 Å². The Hall–Kier alpha value is -1.56. The van der Waals surface area contributed by atoms with Crippen LogP contribution in [0.15, 0.2) is 10.7 Å². The van der Waals surface area contributed by atoms with Gasteiger partial charge in [0.05, 0.1) is 6.10 Å². The second-order valence-corrected chi connectivity index (χ2v) is 3.54. The molecule has 0 radical (unpaired) electrons. The second kappa shape index (κ2) is 4.79. The molecule has 6 nitrogen and oxygen atoms in total. The number of aromatic nitrogens is 1. The predicted molar refractivity (Wildman–Crippen MR) is 52.8 cm³/mol. The highest BCUT2D eigenvalue weighted by Crippen LogP contribution is 2.08. The van der Waals surface area contributed by atoms with Crippen molar-refractivity contribution in [1.29, 1.82) is 0 Å². The number of nitrogens with zero attached hydrogens (tertiary/aromatic N) is 1. The average Bonchev–Trinajstić information content (AvgIpc) is 2.62. The number of aliphatic hydroxyl groups excluding tert-OH is 1. The molecule has 0 saturated heterocycles. The zero-order valence-electron chi connectivity index (χ0n) is 8.60. The summed E-state index contributed by atoms with van der Waals surface area (Å²) in [5, 5.41) is 20.7. The van der Waals surface area contributed by atoms with Crippen LogP contribution in [0.4, 0.5) is 6.01 Å². The Morgan fingerprint density at radius 3 is 2.80 bits per heavy atom. The zero-order chi connectivity index (χ0) is 11.4. The van der Waals surface area contributed by atoms with Crippen LogP contribution in [-0.2, 0) is 0 Å². The molecule has 84 valence electrons. The molecule has 1 aromatic rings. The number of hydrogen-bond acceptors (Lipinski definition) is 5. The van der Waals surface area contributed by atoms with Crippen LogP contribution >= 0.6 is 0 Å². The summed E-state index contributed by atoms with van der Waals surface area (Å²) in [4.78, 5) is 14.1. The minimum Gasteiger partial charge on any atom is -0.476 e. The first-order chi connectivity index (χ1) is 7.00. The number of hydrogen-bond donors (Lipinski definition) is 3. The quantitative estimate of drug-likeness (QED) is 0.671. The van der Waals surface area contributed by atoms with Crippen LogP contribution in [0, 0.1) is 5.92 Å². The molecule has 0 amide bonds. The minimum absolute atomic E-state index is 0.104. The summed E-state index contributed by atoms with van der Waals surface area (Å²) in [5.74, 6) is -1.03. The van der Waals surface area contributed by atoms with Gasteiger partial charge in [-0.2, -0.15) is 4.98 Å². The van der Waals surface area contributed by atoms with Gasteiger partial charge in [0.1, 0.15) is 6.26 Å². The topological polar surface area (TPSA) is 95.6 Å². The van der Waals surface area contributed by atoms with Crippen molar-refractivity contribution in [1.82, 2.24) is 4.98 Å². The molecule has 0 spiro atoms. The van der Waals surface area contributed by atoms with Gasteiger partial charge in [-0.15, -0.1) is 0 Å². The highest BCUT2D eigenvalue weighted by atomic mass is 16.4. The molecular formula is C9H14N2O4. The number of carboxylic acids is 1. The SMILES string of the molecule is CC(C)C(O)CNc1nc(C(=O)O)co1. The van der Waals surface area contributed by atoms with E-state index in [0.29, 0.717) is 0 Å². The van der Waals surface area contributed by atoms with Crippen molar-refractivity contribution in [2.45, 2.75) is 20.0 Å². The summed E-state index contributed by atoms with van der Waals surface area (Å²) >= 11 is 0. The van der Waals surface area contributed by atoms with Crippen molar-refractivity contribution in [2.75, 3.05) is 11.9 Å². The first-order valence-corrected chi connectivity index (χ1v) is 4.61. The van der Waals surface area contributed by atoms with Crippen LogP contribution in [0.1, 0.15) is 24.3 Å². The summed E-state index contributed by atoms with van der Waals surface area (Å²) in [7, 11) is 0. The highest BCUT2D eigenvalue weighted by Gasteiger charge is 2.12. The van der Waals surface area contributed by atoms with Gasteiger partial charge >= 0.3 is 5.97 Å². The third-order valence-corrected chi connectivity index (χ3v) is 1.96. The maximum Gasteiger partial charge on any atom is 0.357 e. The maximum absolute atomic E-state index is 10.5. The fraction of sp³-hybridized carbons (Fsp3) is 0.556. The molecule has 1 unspecified atom stereocenters. The molecule has 0 fully saturated rings. The average molecular weight is 214 g/mol. The Labute approximate surface area is 86.9 Å². The lowest BCUT2D eigenvalue weighted by Crippen LogP contribution is -2.24. The Kier molecular flexibility index (Phi) is 3.68. The first-order valence-electron chi connectivity index (χ1n) is 4.61. The lowest BCUT2D eigenvalue weighted by atomic mass is 10.1. The van der Waals surface area contributed by atoms with E-state index in [-0.39, 0.29) is 24.2 Å². The summed E-state index contributed by atoms with van der Waals surface area (Å²) in [6, 6.07) is 0.104. The van der Waals surface area contributed by atoms with Gasteiger partial charge in [0.15, 0.2) is 5.69 Å². The molecule has 0 aliphatic heterocycles. The van der Waals surface area contributed by atoms with Gasteiger partial charge in [0.2, 0.25) is 0 Å².